The van der Waals surface area contributed by atoms with Gasteiger partial charge in [-0.15, -0.1) is 0 Å². The van der Waals surface area contributed by atoms with Crippen LogP contribution >= 0.6 is 0 Å². The van der Waals surface area contributed by atoms with E-state index in [1.807, 2.05) is 6.07 Å². The van der Waals surface area contributed by atoms with Crippen LogP contribution in [0.5, 0.6) is 0 Å². The second-order valence-corrected chi connectivity index (χ2v) is 6.33. The summed E-state index contributed by atoms with van der Waals surface area (Å²) in [5.74, 6) is 1.01. The molecule has 0 radical (unpaired) electrons. The zero-order chi connectivity index (χ0) is 13.9. The summed E-state index contributed by atoms with van der Waals surface area (Å²) in [5, 5.41) is 0. The molecule has 0 bridgehead atoms. The molecule has 2 N–H and O–H groups in total. The lowest BCUT2D eigenvalue weighted by Crippen LogP contribution is -2.52. The van der Waals surface area contributed by atoms with Gasteiger partial charge < -0.3 is 10.2 Å². The van der Waals surface area contributed by atoms with Gasteiger partial charge in [0, 0.05) is 38.3 Å². The van der Waals surface area contributed by atoms with Crippen LogP contribution in [0.25, 0.3) is 0 Å². The summed E-state index contributed by atoms with van der Waals surface area (Å²) in [6.45, 7) is 6.63. The molecule has 1 saturated carbocycles. The van der Waals surface area contributed by atoms with Crippen molar-refractivity contribution in [3.63, 3.8) is 0 Å². The van der Waals surface area contributed by atoms with Gasteiger partial charge in [0.05, 0.1) is 12.3 Å². The molecule has 1 aliphatic carbocycles. The first kappa shape index (κ1) is 14.1. The molecular formula is C16H27N3O. The lowest BCUT2D eigenvalue weighted by Gasteiger charge is -2.42. The second-order valence-electron chi connectivity index (χ2n) is 6.33. The Morgan fingerprint density at radius 2 is 1.90 bits per heavy atom. The van der Waals surface area contributed by atoms with Crippen LogP contribution < -0.4 is 5.73 Å². The van der Waals surface area contributed by atoms with Gasteiger partial charge in [0.1, 0.15) is 5.76 Å². The zero-order valence-corrected chi connectivity index (χ0v) is 12.5. The van der Waals surface area contributed by atoms with Gasteiger partial charge in [0.25, 0.3) is 0 Å². The molecule has 1 aromatic heterocycles. The Labute approximate surface area is 121 Å². The molecule has 3 rings (SSSR count). The van der Waals surface area contributed by atoms with E-state index < -0.39 is 0 Å². The SMILES string of the molecule is CC(N)C(c1ccco1)N1CCN(C2CCCC2)CC1. The monoisotopic (exact) mass is 277 g/mol. The van der Waals surface area contributed by atoms with E-state index in [2.05, 4.69) is 22.8 Å². The lowest BCUT2D eigenvalue weighted by atomic mass is 10.0. The van der Waals surface area contributed by atoms with Gasteiger partial charge in [-0.3, -0.25) is 9.80 Å². The fourth-order valence-corrected chi connectivity index (χ4v) is 3.88. The third kappa shape index (κ3) is 2.92. The van der Waals surface area contributed by atoms with Crippen LogP contribution in [-0.2, 0) is 0 Å². The van der Waals surface area contributed by atoms with Crippen LogP contribution in [0.1, 0.15) is 44.4 Å². The number of rotatable bonds is 4. The third-order valence-electron chi connectivity index (χ3n) is 4.92. The Morgan fingerprint density at radius 3 is 2.45 bits per heavy atom. The number of piperazine rings is 1. The van der Waals surface area contributed by atoms with Gasteiger partial charge in [-0.1, -0.05) is 12.8 Å². The van der Waals surface area contributed by atoms with E-state index in [4.69, 9.17) is 10.2 Å². The molecule has 1 aliphatic heterocycles. The number of nitrogens with two attached hydrogens (primary N) is 1. The first-order valence-corrected chi connectivity index (χ1v) is 8.03. The molecule has 2 fully saturated rings. The van der Waals surface area contributed by atoms with Crippen LogP contribution in [0.15, 0.2) is 22.8 Å². The highest BCUT2D eigenvalue weighted by molar-refractivity contribution is 5.08. The van der Waals surface area contributed by atoms with Crippen molar-refractivity contribution >= 4 is 0 Å². The van der Waals surface area contributed by atoms with E-state index in [1.54, 1.807) is 6.26 Å². The molecule has 0 amide bonds. The largest absolute Gasteiger partial charge is 0.468 e. The Hall–Kier alpha value is -0.840. The number of nitrogens with zero attached hydrogens (tertiary/aromatic N) is 2. The lowest BCUT2D eigenvalue weighted by molar-refractivity contribution is 0.0560. The summed E-state index contributed by atoms with van der Waals surface area (Å²) in [7, 11) is 0. The Bertz CT molecular complexity index is 390. The molecule has 2 heterocycles. The molecule has 0 aromatic carbocycles. The Balaban J connectivity index is 1.61. The molecule has 2 atom stereocenters. The van der Waals surface area contributed by atoms with E-state index >= 15 is 0 Å². The van der Waals surface area contributed by atoms with E-state index in [1.165, 1.54) is 38.8 Å². The minimum atomic E-state index is 0.0965. The molecule has 4 heteroatoms. The zero-order valence-electron chi connectivity index (χ0n) is 12.5. The van der Waals surface area contributed by atoms with Gasteiger partial charge in [-0.05, 0) is 31.9 Å². The minimum Gasteiger partial charge on any atom is -0.468 e. The molecule has 4 nitrogen and oxygen atoms in total. The molecule has 1 saturated heterocycles. The predicted octanol–water partition coefficient (Wildman–Crippen LogP) is 2.23. The van der Waals surface area contributed by atoms with Crippen LogP contribution in [0, 0.1) is 0 Å². The van der Waals surface area contributed by atoms with Crippen molar-refractivity contribution in [1.29, 1.82) is 0 Å². The highest BCUT2D eigenvalue weighted by Gasteiger charge is 2.32. The summed E-state index contributed by atoms with van der Waals surface area (Å²) < 4.78 is 5.60. The fourth-order valence-electron chi connectivity index (χ4n) is 3.88. The van der Waals surface area contributed by atoms with Crippen LogP contribution in [0.3, 0.4) is 0 Å². The summed E-state index contributed by atoms with van der Waals surface area (Å²) >= 11 is 0. The van der Waals surface area contributed by atoms with Gasteiger partial charge in [-0.25, -0.2) is 0 Å². The topological polar surface area (TPSA) is 45.6 Å². The smallest absolute Gasteiger partial charge is 0.122 e. The van der Waals surface area contributed by atoms with Crippen LogP contribution in [0.2, 0.25) is 0 Å². The maximum atomic E-state index is 6.20. The predicted molar refractivity (Wildman–Crippen MR) is 80.5 cm³/mol. The van der Waals surface area contributed by atoms with Gasteiger partial charge in [0.2, 0.25) is 0 Å². The maximum absolute atomic E-state index is 6.20. The fraction of sp³-hybridized carbons (Fsp3) is 0.750. The number of hydrogen-bond acceptors (Lipinski definition) is 4. The normalized spacial score (nSPS) is 25.9. The highest BCUT2D eigenvalue weighted by Crippen LogP contribution is 2.28. The average molecular weight is 277 g/mol. The van der Waals surface area contributed by atoms with E-state index in [9.17, 15) is 0 Å². The summed E-state index contributed by atoms with van der Waals surface area (Å²) in [4.78, 5) is 5.18. The minimum absolute atomic E-state index is 0.0965. The summed E-state index contributed by atoms with van der Waals surface area (Å²) in [6.07, 6.45) is 7.38. The van der Waals surface area contributed by atoms with E-state index in [0.717, 1.165) is 24.9 Å². The molecular weight excluding hydrogens is 250 g/mol. The standard InChI is InChI=1S/C16H27N3O/c1-13(17)16(15-7-4-12-20-15)19-10-8-18(9-11-19)14-5-2-3-6-14/h4,7,12-14,16H,2-3,5-6,8-11,17H2,1H3. The first-order chi connectivity index (χ1) is 9.75. The molecule has 20 heavy (non-hydrogen) atoms. The van der Waals surface area contributed by atoms with Gasteiger partial charge >= 0.3 is 0 Å². The third-order valence-corrected chi connectivity index (χ3v) is 4.92. The van der Waals surface area contributed by atoms with Gasteiger partial charge in [0.15, 0.2) is 0 Å². The second kappa shape index (κ2) is 6.29. The van der Waals surface area contributed by atoms with Crippen LogP contribution in [0.4, 0.5) is 0 Å². The summed E-state index contributed by atoms with van der Waals surface area (Å²) in [5.41, 5.74) is 6.20. The Morgan fingerprint density at radius 1 is 1.20 bits per heavy atom. The molecule has 1 aromatic rings. The van der Waals surface area contributed by atoms with Crippen molar-refractivity contribution in [3.8, 4) is 0 Å². The molecule has 0 spiro atoms. The van der Waals surface area contributed by atoms with Crippen molar-refractivity contribution in [2.45, 2.75) is 50.7 Å². The van der Waals surface area contributed by atoms with Crippen molar-refractivity contribution < 1.29 is 4.42 Å². The summed E-state index contributed by atoms with van der Waals surface area (Å²) in [6, 6.07) is 5.17. The van der Waals surface area contributed by atoms with E-state index in [0.29, 0.717) is 0 Å². The van der Waals surface area contributed by atoms with Crippen molar-refractivity contribution in [2.75, 3.05) is 26.2 Å². The molecule has 112 valence electrons. The van der Waals surface area contributed by atoms with Crippen molar-refractivity contribution in [3.05, 3.63) is 24.2 Å². The Kier molecular flexibility index (Phi) is 4.44. The van der Waals surface area contributed by atoms with Gasteiger partial charge in [-0.2, -0.15) is 0 Å². The molecule has 2 aliphatic rings. The first-order valence-electron chi connectivity index (χ1n) is 8.03. The van der Waals surface area contributed by atoms with Crippen LogP contribution in [-0.4, -0.2) is 48.1 Å². The van der Waals surface area contributed by atoms with E-state index in [-0.39, 0.29) is 12.1 Å². The quantitative estimate of drug-likeness (QED) is 0.916. The number of hydrogen-bond donors (Lipinski definition) is 1. The highest BCUT2D eigenvalue weighted by atomic mass is 16.3. The van der Waals surface area contributed by atoms with Crippen molar-refractivity contribution in [1.82, 2.24) is 9.80 Å². The average Bonchev–Trinajstić information content (AvgIpc) is 3.12. The number of furan rings is 1. The molecule has 2 unspecified atom stereocenters. The van der Waals surface area contributed by atoms with Crippen molar-refractivity contribution in [2.24, 2.45) is 5.73 Å². The maximum Gasteiger partial charge on any atom is 0.122 e.